The quantitative estimate of drug-likeness (QED) is 0.612. The highest BCUT2D eigenvalue weighted by Crippen LogP contribution is 2.14. The number of nitrogens with zero attached hydrogens (tertiary/aromatic N) is 1. The standard InChI is InChI=1S/C8H17FN2O/c9-3-8(12)6-11-2-1-7(4-10)5-11/h7-8,12H,1-6,10H2. The fourth-order valence-electron chi connectivity index (χ4n) is 1.62. The molecule has 1 aliphatic rings. The van der Waals surface area contributed by atoms with Crippen molar-refractivity contribution in [2.24, 2.45) is 11.7 Å². The molecule has 0 amide bonds. The van der Waals surface area contributed by atoms with Crippen LogP contribution in [-0.2, 0) is 0 Å². The monoisotopic (exact) mass is 176 g/mol. The summed E-state index contributed by atoms with van der Waals surface area (Å²) in [6, 6.07) is 0. The summed E-state index contributed by atoms with van der Waals surface area (Å²) in [4.78, 5) is 2.07. The molecule has 0 aromatic carbocycles. The lowest BCUT2D eigenvalue weighted by Crippen LogP contribution is -2.32. The van der Waals surface area contributed by atoms with Crippen LogP contribution in [0.4, 0.5) is 4.39 Å². The van der Waals surface area contributed by atoms with Gasteiger partial charge in [0.1, 0.15) is 6.67 Å². The molecule has 1 heterocycles. The van der Waals surface area contributed by atoms with E-state index in [1.807, 2.05) is 0 Å². The second kappa shape index (κ2) is 4.74. The van der Waals surface area contributed by atoms with Gasteiger partial charge in [-0.2, -0.15) is 0 Å². The second-order valence-corrected chi connectivity index (χ2v) is 3.46. The SMILES string of the molecule is NCC1CCN(CC(O)CF)C1. The summed E-state index contributed by atoms with van der Waals surface area (Å²) >= 11 is 0. The Labute approximate surface area is 72.3 Å². The van der Waals surface area contributed by atoms with Gasteiger partial charge in [-0.1, -0.05) is 0 Å². The lowest BCUT2D eigenvalue weighted by atomic mass is 10.1. The van der Waals surface area contributed by atoms with Gasteiger partial charge in [0.05, 0.1) is 6.10 Å². The van der Waals surface area contributed by atoms with Crippen molar-refractivity contribution in [3.05, 3.63) is 0 Å². The van der Waals surface area contributed by atoms with Gasteiger partial charge in [-0.25, -0.2) is 4.39 Å². The van der Waals surface area contributed by atoms with E-state index in [4.69, 9.17) is 10.8 Å². The highest BCUT2D eigenvalue weighted by molar-refractivity contribution is 4.77. The van der Waals surface area contributed by atoms with Gasteiger partial charge in [0.15, 0.2) is 0 Å². The maximum Gasteiger partial charge on any atom is 0.117 e. The van der Waals surface area contributed by atoms with E-state index in [1.54, 1.807) is 0 Å². The number of nitrogens with two attached hydrogens (primary N) is 1. The van der Waals surface area contributed by atoms with Gasteiger partial charge < -0.3 is 15.7 Å². The number of hydrogen-bond acceptors (Lipinski definition) is 3. The zero-order chi connectivity index (χ0) is 8.97. The predicted molar refractivity (Wildman–Crippen MR) is 45.6 cm³/mol. The molecule has 2 atom stereocenters. The normalized spacial score (nSPS) is 27.8. The summed E-state index contributed by atoms with van der Waals surface area (Å²) in [5, 5.41) is 9.03. The van der Waals surface area contributed by atoms with Crippen LogP contribution in [0.3, 0.4) is 0 Å². The third-order valence-electron chi connectivity index (χ3n) is 2.35. The molecule has 2 unspecified atom stereocenters. The lowest BCUT2D eigenvalue weighted by molar-refractivity contribution is 0.0982. The zero-order valence-corrected chi connectivity index (χ0v) is 7.25. The number of halogens is 1. The van der Waals surface area contributed by atoms with Crippen molar-refractivity contribution in [2.45, 2.75) is 12.5 Å². The molecule has 0 aliphatic carbocycles. The Morgan fingerprint density at radius 3 is 2.92 bits per heavy atom. The Morgan fingerprint density at radius 1 is 1.67 bits per heavy atom. The fourth-order valence-corrected chi connectivity index (χ4v) is 1.62. The van der Waals surface area contributed by atoms with E-state index in [0.717, 1.165) is 19.5 Å². The molecule has 1 fully saturated rings. The molecule has 0 radical (unpaired) electrons. The van der Waals surface area contributed by atoms with Crippen LogP contribution >= 0.6 is 0 Å². The summed E-state index contributed by atoms with van der Waals surface area (Å²) in [6.07, 6.45) is 0.261. The smallest absolute Gasteiger partial charge is 0.117 e. The highest BCUT2D eigenvalue weighted by Gasteiger charge is 2.22. The van der Waals surface area contributed by atoms with Crippen molar-refractivity contribution in [1.29, 1.82) is 0 Å². The molecule has 0 bridgehead atoms. The van der Waals surface area contributed by atoms with Crippen LogP contribution in [0, 0.1) is 5.92 Å². The molecule has 0 saturated carbocycles. The minimum absolute atomic E-state index is 0.451. The largest absolute Gasteiger partial charge is 0.389 e. The Kier molecular flexibility index (Phi) is 3.91. The third-order valence-corrected chi connectivity index (χ3v) is 2.35. The molecule has 3 nitrogen and oxygen atoms in total. The number of alkyl halides is 1. The maximum atomic E-state index is 11.9. The van der Waals surface area contributed by atoms with Crippen LogP contribution < -0.4 is 5.73 Å². The number of rotatable bonds is 4. The van der Waals surface area contributed by atoms with Crippen molar-refractivity contribution in [3.63, 3.8) is 0 Å². The molecule has 0 aromatic heterocycles. The summed E-state index contributed by atoms with van der Waals surface area (Å²) in [6.45, 7) is 2.35. The van der Waals surface area contributed by atoms with Crippen molar-refractivity contribution < 1.29 is 9.50 Å². The summed E-state index contributed by atoms with van der Waals surface area (Å²) in [7, 11) is 0. The molecular weight excluding hydrogens is 159 g/mol. The van der Waals surface area contributed by atoms with Crippen LogP contribution in [0.2, 0.25) is 0 Å². The van der Waals surface area contributed by atoms with Crippen LogP contribution in [0.25, 0.3) is 0 Å². The first-order chi connectivity index (χ1) is 5.76. The molecule has 72 valence electrons. The second-order valence-electron chi connectivity index (χ2n) is 3.46. The van der Waals surface area contributed by atoms with E-state index < -0.39 is 12.8 Å². The van der Waals surface area contributed by atoms with Gasteiger partial charge in [0, 0.05) is 13.1 Å². The van der Waals surface area contributed by atoms with E-state index in [1.165, 1.54) is 0 Å². The molecule has 1 saturated heterocycles. The van der Waals surface area contributed by atoms with Gasteiger partial charge in [0.2, 0.25) is 0 Å². The minimum Gasteiger partial charge on any atom is -0.389 e. The van der Waals surface area contributed by atoms with Gasteiger partial charge >= 0.3 is 0 Å². The van der Waals surface area contributed by atoms with E-state index in [-0.39, 0.29) is 0 Å². The molecule has 0 spiro atoms. The number of likely N-dealkylation sites (tertiary alicyclic amines) is 1. The topological polar surface area (TPSA) is 49.5 Å². The molecule has 1 aliphatic heterocycles. The van der Waals surface area contributed by atoms with Gasteiger partial charge in [0.25, 0.3) is 0 Å². The summed E-state index contributed by atoms with van der Waals surface area (Å²) in [5.74, 6) is 0.539. The van der Waals surface area contributed by atoms with E-state index in [9.17, 15) is 4.39 Å². The van der Waals surface area contributed by atoms with Crippen LogP contribution in [0.5, 0.6) is 0 Å². The molecular formula is C8H17FN2O. The van der Waals surface area contributed by atoms with E-state index in [0.29, 0.717) is 19.0 Å². The number of aliphatic hydroxyl groups excluding tert-OH is 1. The molecule has 1 rings (SSSR count). The van der Waals surface area contributed by atoms with Crippen LogP contribution in [-0.4, -0.2) is 49.0 Å². The Hall–Kier alpha value is -0.190. The average Bonchev–Trinajstić information content (AvgIpc) is 2.52. The Morgan fingerprint density at radius 2 is 2.42 bits per heavy atom. The fraction of sp³-hybridized carbons (Fsp3) is 1.00. The summed E-state index contributed by atoms with van der Waals surface area (Å²) < 4.78 is 11.9. The third kappa shape index (κ3) is 2.69. The van der Waals surface area contributed by atoms with Crippen molar-refractivity contribution >= 4 is 0 Å². The number of β-amino-alcohol motifs (C(OH)–C–C–N with tert-alkyl or cyclic N) is 1. The van der Waals surface area contributed by atoms with Gasteiger partial charge in [-0.15, -0.1) is 0 Å². The summed E-state index contributed by atoms with van der Waals surface area (Å²) in [5.41, 5.74) is 5.50. The van der Waals surface area contributed by atoms with E-state index in [2.05, 4.69) is 4.90 Å². The molecule has 4 heteroatoms. The minimum atomic E-state index is -0.818. The van der Waals surface area contributed by atoms with Gasteiger partial charge in [-0.05, 0) is 25.4 Å². The number of hydrogen-bond donors (Lipinski definition) is 2. The Balaban J connectivity index is 2.18. The van der Waals surface area contributed by atoms with Gasteiger partial charge in [-0.3, -0.25) is 0 Å². The predicted octanol–water partition coefficient (Wildman–Crippen LogP) is -0.403. The average molecular weight is 176 g/mol. The first-order valence-corrected chi connectivity index (χ1v) is 4.42. The van der Waals surface area contributed by atoms with E-state index >= 15 is 0 Å². The zero-order valence-electron chi connectivity index (χ0n) is 7.25. The molecule has 3 N–H and O–H groups in total. The molecule has 12 heavy (non-hydrogen) atoms. The van der Waals surface area contributed by atoms with Crippen molar-refractivity contribution in [2.75, 3.05) is 32.9 Å². The van der Waals surface area contributed by atoms with Crippen molar-refractivity contribution in [3.8, 4) is 0 Å². The molecule has 0 aromatic rings. The number of aliphatic hydroxyl groups is 1. The maximum absolute atomic E-state index is 11.9. The van der Waals surface area contributed by atoms with Crippen molar-refractivity contribution in [1.82, 2.24) is 4.90 Å². The van der Waals surface area contributed by atoms with Crippen LogP contribution in [0.1, 0.15) is 6.42 Å². The van der Waals surface area contributed by atoms with Crippen LogP contribution in [0.15, 0.2) is 0 Å². The highest BCUT2D eigenvalue weighted by atomic mass is 19.1. The first-order valence-electron chi connectivity index (χ1n) is 4.42. The Bertz CT molecular complexity index is 134. The lowest BCUT2D eigenvalue weighted by Gasteiger charge is -2.17. The first kappa shape index (κ1) is 9.89.